The molecule has 0 saturated carbocycles. The van der Waals surface area contributed by atoms with Crippen molar-refractivity contribution in [3.05, 3.63) is 71.4 Å². The van der Waals surface area contributed by atoms with E-state index in [9.17, 15) is 9.59 Å². The van der Waals surface area contributed by atoms with Gasteiger partial charge in [0.1, 0.15) is 5.56 Å². The van der Waals surface area contributed by atoms with Crippen LogP contribution in [0.1, 0.15) is 33.3 Å². The van der Waals surface area contributed by atoms with Crippen LogP contribution >= 0.6 is 0 Å². The lowest BCUT2D eigenvalue weighted by atomic mass is 10.0. The third-order valence-corrected chi connectivity index (χ3v) is 4.04. The van der Waals surface area contributed by atoms with E-state index in [4.69, 9.17) is 9.47 Å². The molecule has 6 heteroatoms. The van der Waals surface area contributed by atoms with Crippen molar-refractivity contribution >= 4 is 11.9 Å². The van der Waals surface area contributed by atoms with Gasteiger partial charge in [-0.15, -0.1) is 0 Å². The summed E-state index contributed by atoms with van der Waals surface area (Å²) in [5, 5.41) is 4.41. The minimum atomic E-state index is -0.693. The molecular formula is C21H20N2O4. The molecule has 0 fully saturated rings. The van der Waals surface area contributed by atoms with E-state index in [1.165, 1.54) is 7.11 Å². The van der Waals surface area contributed by atoms with Gasteiger partial charge in [0, 0.05) is 5.56 Å². The van der Waals surface area contributed by atoms with E-state index in [1.807, 2.05) is 61.5 Å². The Labute approximate surface area is 157 Å². The van der Waals surface area contributed by atoms with E-state index in [2.05, 4.69) is 5.10 Å². The third kappa shape index (κ3) is 3.60. The van der Waals surface area contributed by atoms with Crippen LogP contribution in [0, 0.1) is 6.92 Å². The number of carbonyl (C=O) groups is 2. The molecule has 0 spiro atoms. The molecule has 0 unspecified atom stereocenters. The highest BCUT2D eigenvalue weighted by atomic mass is 16.5. The number of methoxy groups -OCH3 is 1. The van der Waals surface area contributed by atoms with Gasteiger partial charge < -0.3 is 9.47 Å². The van der Waals surface area contributed by atoms with E-state index in [0.717, 1.165) is 16.8 Å². The van der Waals surface area contributed by atoms with Gasteiger partial charge in [0.15, 0.2) is 5.69 Å². The molecule has 27 heavy (non-hydrogen) atoms. The minimum Gasteiger partial charge on any atom is -0.464 e. The Morgan fingerprint density at radius 1 is 1.04 bits per heavy atom. The maximum atomic E-state index is 12.7. The molecule has 3 rings (SSSR count). The third-order valence-electron chi connectivity index (χ3n) is 4.04. The molecule has 0 bridgehead atoms. The van der Waals surface area contributed by atoms with Crippen LogP contribution in [0.4, 0.5) is 0 Å². The van der Waals surface area contributed by atoms with Crippen LogP contribution in [-0.2, 0) is 9.47 Å². The molecule has 0 aliphatic heterocycles. The number of esters is 2. The molecular weight excluding hydrogens is 344 g/mol. The van der Waals surface area contributed by atoms with Gasteiger partial charge in [-0.25, -0.2) is 14.3 Å². The average Bonchev–Trinajstić information content (AvgIpc) is 3.09. The number of carbonyl (C=O) groups excluding carboxylic acids is 2. The van der Waals surface area contributed by atoms with E-state index < -0.39 is 11.9 Å². The Bertz CT molecular complexity index is 977. The summed E-state index contributed by atoms with van der Waals surface area (Å²) in [6.45, 7) is 3.86. The highest BCUT2D eigenvalue weighted by Crippen LogP contribution is 2.30. The second-order valence-corrected chi connectivity index (χ2v) is 5.90. The topological polar surface area (TPSA) is 70.4 Å². The van der Waals surface area contributed by atoms with Gasteiger partial charge in [0.2, 0.25) is 0 Å². The van der Waals surface area contributed by atoms with Crippen molar-refractivity contribution in [3.8, 4) is 16.9 Å². The summed E-state index contributed by atoms with van der Waals surface area (Å²) in [6.07, 6.45) is 0. The first kappa shape index (κ1) is 18.4. The second kappa shape index (κ2) is 7.86. The van der Waals surface area contributed by atoms with Crippen LogP contribution < -0.4 is 0 Å². The molecule has 0 aliphatic rings. The molecule has 6 nitrogen and oxygen atoms in total. The average molecular weight is 364 g/mol. The van der Waals surface area contributed by atoms with Crippen molar-refractivity contribution in [2.24, 2.45) is 0 Å². The van der Waals surface area contributed by atoms with E-state index in [0.29, 0.717) is 5.69 Å². The summed E-state index contributed by atoms with van der Waals surface area (Å²) in [5.74, 6) is -1.31. The fourth-order valence-corrected chi connectivity index (χ4v) is 2.86. The maximum absolute atomic E-state index is 12.7. The summed E-state index contributed by atoms with van der Waals surface area (Å²) in [7, 11) is 1.26. The lowest BCUT2D eigenvalue weighted by Crippen LogP contribution is -2.12. The Kier molecular flexibility index (Phi) is 5.35. The van der Waals surface area contributed by atoms with Gasteiger partial charge in [-0.05, 0) is 31.5 Å². The van der Waals surface area contributed by atoms with Crippen molar-refractivity contribution in [2.45, 2.75) is 13.8 Å². The minimum absolute atomic E-state index is 0.0729. The molecule has 0 atom stereocenters. The number of hydrogen-bond donors (Lipinski definition) is 0. The van der Waals surface area contributed by atoms with Crippen molar-refractivity contribution < 1.29 is 19.1 Å². The first-order chi connectivity index (χ1) is 13.1. The van der Waals surface area contributed by atoms with Crippen molar-refractivity contribution in [3.63, 3.8) is 0 Å². The van der Waals surface area contributed by atoms with Crippen LogP contribution in [0.25, 0.3) is 16.9 Å². The van der Waals surface area contributed by atoms with Crippen LogP contribution in [0.2, 0.25) is 0 Å². The van der Waals surface area contributed by atoms with Crippen molar-refractivity contribution in [1.29, 1.82) is 0 Å². The van der Waals surface area contributed by atoms with Crippen LogP contribution in [0.15, 0.2) is 54.6 Å². The Morgan fingerprint density at radius 2 is 1.78 bits per heavy atom. The molecule has 0 radical (unpaired) electrons. The van der Waals surface area contributed by atoms with E-state index in [-0.39, 0.29) is 17.9 Å². The summed E-state index contributed by atoms with van der Waals surface area (Å²) < 4.78 is 11.6. The van der Waals surface area contributed by atoms with E-state index in [1.54, 1.807) is 11.6 Å². The van der Waals surface area contributed by atoms with Gasteiger partial charge in [-0.3, -0.25) is 0 Å². The Morgan fingerprint density at radius 3 is 2.41 bits per heavy atom. The molecule has 0 N–H and O–H groups in total. The Balaban J connectivity index is 2.36. The standard InChI is InChI=1S/C21H20N2O4/c1-4-27-20(24)17-18(21(25)26-3)22-23(16-12-8-9-14(2)13-16)19(17)15-10-6-5-7-11-15/h5-13H,4H2,1-3H3. The Hall–Kier alpha value is -3.41. The largest absolute Gasteiger partial charge is 0.464 e. The fourth-order valence-electron chi connectivity index (χ4n) is 2.86. The molecule has 2 aromatic carbocycles. The monoisotopic (exact) mass is 364 g/mol. The molecule has 1 heterocycles. The molecule has 0 aliphatic carbocycles. The zero-order chi connectivity index (χ0) is 19.4. The lowest BCUT2D eigenvalue weighted by molar-refractivity contribution is 0.0503. The van der Waals surface area contributed by atoms with Gasteiger partial charge in [0.05, 0.1) is 25.1 Å². The summed E-state index contributed by atoms with van der Waals surface area (Å²) >= 11 is 0. The molecule has 0 saturated heterocycles. The van der Waals surface area contributed by atoms with Gasteiger partial charge in [-0.2, -0.15) is 5.10 Å². The number of aromatic nitrogens is 2. The summed E-state index contributed by atoms with van der Waals surface area (Å²) in [4.78, 5) is 25.0. The second-order valence-electron chi connectivity index (χ2n) is 5.90. The number of aryl methyl sites for hydroxylation is 1. The van der Waals surface area contributed by atoms with Crippen molar-refractivity contribution in [1.82, 2.24) is 9.78 Å². The van der Waals surface area contributed by atoms with Crippen LogP contribution in [0.3, 0.4) is 0 Å². The molecule has 0 amide bonds. The smallest absolute Gasteiger partial charge is 0.359 e. The molecule has 3 aromatic rings. The number of nitrogens with zero attached hydrogens (tertiary/aromatic N) is 2. The molecule has 1 aromatic heterocycles. The highest BCUT2D eigenvalue weighted by molar-refractivity contribution is 6.06. The molecule has 138 valence electrons. The fraction of sp³-hybridized carbons (Fsp3) is 0.190. The SMILES string of the molecule is CCOC(=O)c1c(C(=O)OC)nn(-c2cccc(C)c2)c1-c1ccccc1. The van der Waals surface area contributed by atoms with Gasteiger partial charge in [-0.1, -0.05) is 42.5 Å². The van der Waals surface area contributed by atoms with Crippen molar-refractivity contribution in [2.75, 3.05) is 13.7 Å². The predicted octanol–water partition coefficient (Wildman–Crippen LogP) is 3.81. The first-order valence-electron chi connectivity index (χ1n) is 8.57. The summed E-state index contributed by atoms with van der Waals surface area (Å²) in [6, 6.07) is 16.9. The number of hydrogen-bond acceptors (Lipinski definition) is 5. The first-order valence-corrected chi connectivity index (χ1v) is 8.57. The zero-order valence-corrected chi connectivity index (χ0v) is 15.4. The predicted molar refractivity (Wildman–Crippen MR) is 101 cm³/mol. The quantitative estimate of drug-likeness (QED) is 0.644. The van der Waals surface area contributed by atoms with Gasteiger partial charge in [0.25, 0.3) is 0 Å². The lowest BCUT2D eigenvalue weighted by Gasteiger charge is -2.10. The summed E-state index contributed by atoms with van der Waals surface area (Å²) in [5.41, 5.74) is 3.01. The van der Waals surface area contributed by atoms with Crippen LogP contribution in [0.5, 0.6) is 0 Å². The van der Waals surface area contributed by atoms with E-state index >= 15 is 0 Å². The number of ether oxygens (including phenoxy) is 2. The van der Waals surface area contributed by atoms with Crippen LogP contribution in [-0.4, -0.2) is 35.4 Å². The normalized spacial score (nSPS) is 10.5. The zero-order valence-electron chi connectivity index (χ0n) is 15.4. The number of rotatable bonds is 5. The number of benzene rings is 2. The highest BCUT2D eigenvalue weighted by Gasteiger charge is 2.31. The maximum Gasteiger partial charge on any atom is 0.359 e. The van der Waals surface area contributed by atoms with Gasteiger partial charge >= 0.3 is 11.9 Å².